The maximum Gasteiger partial charge on any atom is 0.310 e. The zero-order valence-electron chi connectivity index (χ0n) is 10.6. The quantitative estimate of drug-likeness (QED) is 0.586. The summed E-state index contributed by atoms with van der Waals surface area (Å²) in [5, 5.41) is 1.85. The summed E-state index contributed by atoms with van der Waals surface area (Å²) in [6, 6.07) is 3.60. The summed E-state index contributed by atoms with van der Waals surface area (Å²) >= 11 is 1.38. The lowest BCUT2D eigenvalue weighted by atomic mass is 10.1. The zero-order chi connectivity index (χ0) is 13.5. The van der Waals surface area contributed by atoms with Crippen LogP contribution in [-0.2, 0) is 9.53 Å². The fourth-order valence-electron chi connectivity index (χ4n) is 1.56. The van der Waals surface area contributed by atoms with Crippen LogP contribution in [0.3, 0.4) is 0 Å². The first-order valence-corrected chi connectivity index (χ1v) is 6.49. The molecule has 1 atom stereocenters. The standard InChI is InChI=1S/C13H17NO3S/c1-4-7-14(9-10(2)13(16)17-3)12(15)11-6-5-8-18-11/h4-6,8,10H,1,7,9H2,2-3H3. The molecule has 1 unspecified atom stereocenters. The third kappa shape index (κ3) is 3.70. The maximum atomic E-state index is 12.2. The molecule has 0 saturated heterocycles. The lowest BCUT2D eigenvalue weighted by Gasteiger charge is -2.23. The Labute approximate surface area is 111 Å². The molecular weight excluding hydrogens is 250 g/mol. The van der Waals surface area contributed by atoms with E-state index in [0.29, 0.717) is 18.0 Å². The molecule has 0 aliphatic carbocycles. The van der Waals surface area contributed by atoms with Crippen LogP contribution < -0.4 is 0 Å². The van der Waals surface area contributed by atoms with Crippen LogP contribution in [0.2, 0.25) is 0 Å². The average molecular weight is 267 g/mol. The van der Waals surface area contributed by atoms with E-state index in [1.165, 1.54) is 18.4 Å². The Morgan fingerprint density at radius 2 is 2.33 bits per heavy atom. The molecule has 1 heterocycles. The van der Waals surface area contributed by atoms with E-state index >= 15 is 0 Å². The van der Waals surface area contributed by atoms with Crippen LogP contribution >= 0.6 is 11.3 Å². The second-order valence-electron chi connectivity index (χ2n) is 3.90. The molecule has 0 bridgehead atoms. The van der Waals surface area contributed by atoms with Crippen LogP contribution in [0.1, 0.15) is 16.6 Å². The molecule has 18 heavy (non-hydrogen) atoms. The lowest BCUT2D eigenvalue weighted by Crippen LogP contribution is -2.37. The molecule has 1 aromatic rings. The van der Waals surface area contributed by atoms with E-state index in [1.54, 1.807) is 24.0 Å². The third-order valence-corrected chi connectivity index (χ3v) is 3.32. The molecule has 4 nitrogen and oxygen atoms in total. The van der Waals surface area contributed by atoms with Gasteiger partial charge in [-0.15, -0.1) is 17.9 Å². The lowest BCUT2D eigenvalue weighted by molar-refractivity contribution is -0.145. The highest BCUT2D eigenvalue weighted by Gasteiger charge is 2.22. The minimum Gasteiger partial charge on any atom is -0.469 e. The van der Waals surface area contributed by atoms with Crippen molar-refractivity contribution in [3.8, 4) is 0 Å². The van der Waals surface area contributed by atoms with Gasteiger partial charge in [0.1, 0.15) is 0 Å². The largest absolute Gasteiger partial charge is 0.469 e. The molecule has 0 spiro atoms. The minimum atomic E-state index is -0.348. The van der Waals surface area contributed by atoms with Gasteiger partial charge in [-0.2, -0.15) is 0 Å². The monoisotopic (exact) mass is 267 g/mol. The van der Waals surface area contributed by atoms with Crippen molar-refractivity contribution >= 4 is 23.2 Å². The number of carbonyl (C=O) groups excluding carboxylic acids is 2. The van der Waals surface area contributed by atoms with E-state index in [1.807, 2.05) is 11.4 Å². The fourth-order valence-corrected chi connectivity index (χ4v) is 2.25. The molecular formula is C13H17NO3S. The molecule has 0 radical (unpaired) electrons. The van der Waals surface area contributed by atoms with Crippen molar-refractivity contribution in [2.24, 2.45) is 5.92 Å². The highest BCUT2D eigenvalue weighted by molar-refractivity contribution is 7.12. The molecule has 5 heteroatoms. The van der Waals surface area contributed by atoms with Crippen molar-refractivity contribution in [3.63, 3.8) is 0 Å². The minimum absolute atomic E-state index is 0.0827. The molecule has 0 fully saturated rings. The Hall–Kier alpha value is -1.62. The molecule has 1 amide bonds. The number of hydrogen-bond acceptors (Lipinski definition) is 4. The Balaban J connectivity index is 2.73. The Morgan fingerprint density at radius 3 is 2.83 bits per heavy atom. The highest BCUT2D eigenvalue weighted by Crippen LogP contribution is 2.13. The number of nitrogens with zero attached hydrogens (tertiary/aromatic N) is 1. The van der Waals surface area contributed by atoms with Gasteiger partial charge in [0.25, 0.3) is 5.91 Å². The van der Waals surface area contributed by atoms with Gasteiger partial charge >= 0.3 is 5.97 Å². The van der Waals surface area contributed by atoms with Crippen LogP contribution in [0, 0.1) is 5.92 Å². The predicted molar refractivity (Wildman–Crippen MR) is 71.6 cm³/mol. The zero-order valence-corrected chi connectivity index (χ0v) is 11.4. The van der Waals surface area contributed by atoms with Crippen LogP contribution in [0.15, 0.2) is 30.2 Å². The van der Waals surface area contributed by atoms with Gasteiger partial charge in [-0.05, 0) is 11.4 Å². The summed E-state index contributed by atoms with van der Waals surface area (Å²) < 4.78 is 4.66. The first-order chi connectivity index (χ1) is 8.60. The molecule has 0 aliphatic rings. The Kier molecular flexibility index (Phi) is 5.58. The van der Waals surface area contributed by atoms with Crippen LogP contribution in [0.4, 0.5) is 0 Å². The van der Waals surface area contributed by atoms with Crippen molar-refractivity contribution < 1.29 is 14.3 Å². The second-order valence-corrected chi connectivity index (χ2v) is 4.85. The van der Waals surface area contributed by atoms with Gasteiger partial charge in [0.2, 0.25) is 0 Å². The SMILES string of the molecule is C=CCN(CC(C)C(=O)OC)C(=O)c1cccs1. The molecule has 98 valence electrons. The van der Waals surface area contributed by atoms with Gasteiger partial charge in [0, 0.05) is 13.1 Å². The van der Waals surface area contributed by atoms with Gasteiger partial charge in [0.05, 0.1) is 17.9 Å². The number of amides is 1. The molecule has 1 rings (SSSR count). The summed E-state index contributed by atoms with van der Waals surface area (Å²) in [5.41, 5.74) is 0. The van der Waals surface area contributed by atoms with Gasteiger partial charge < -0.3 is 9.64 Å². The smallest absolute Gasteiger partial charge is 0.310 e. The van der Waals surface area contributed by atoms with Crippen molar-refractivity contribution in [1.82, 2.24) is 4.90 Å². The number of esters is 1. The fraction of sp³-hybridized carbons (Fsp3) is 0.385. The summed E-state index contributed by atoms with van der Waals surface area (Å²) in [5.74, 6) is -0.748. The van der Waals surface area contributed by atoms with E-state index in [-0.39, 0.29) is 17.8 Å². The van der Waals surface area contributed by atoms with E-state index in [2.05, 4.69) is 11.3 Å². The van der Waals surface area contributed by atoms with Crippen molar-refractivity contribution in [1.29, 1.82) is 0 Å². The predicted octanol–water partition coefficient (Wildman–Crippen LogP) is 2.19. The molecule has 1 aromatic heterocycles. The topological polar surface area (TPSA) is 46.6 Å². The Morgan fingerprint density at radius 1 is 1.61 bits per heavy atom. The normalized spacial score (nSPS) is 11.7. The van der Waals surface area contributed by atoms with Crippen LogP contribution in [0.5, 0.6) is 0 Å². The van der Waals surface area contributed by atoms with Gasteiger partial charge in [-0.1, -0.05) is 19.1 Å². The summed E-state index contributed by atoms with van der Waals surface area (Å²) in [6.45, 7) is 6.11. The van der Waals surface area contributed by atoms with E-state index in [0.717, 1.165) is 0 Å². The first-order valence-electron chi connectivity index (χ1n) is 5.61. The van der Waals surface area contributed by atoms with E-state index in [9.17, 15) is 9.59 Å². The summed E-state index contributed by atoms with van der Waals surface area (Å²) in [4.78, 5) is 25.8. The van der Waals surface area contributed by atoms with Crippen molar-refractivity contribution in [2.45, 2.75) is 6.92 Å². The highest BCUT2D eigenvalue weighted by atomic mass is 32.1. The van der Waals surface area contributed by atoms with Crippen LogP contribution in [-0.4, -0.2) is 37.0 Å². The first kappa shape index (κ1) is 14.4. The van der Waals surface area contributed by atoms with E-state index in [4.69, 9.17) is 0 Å². The summed E-state index contributed by atoms with van der Waals surface area (Å²) in [6.07, 6.45) is 1.65. The number of hydrogen-bond donors (Lipinski definition) is 0. The number of carbonyl (C=O) groups is 2. The second kappa shape index (κ2) is 6.96. The number of thiophene rings is 1. The molecule has 0 aliphatic heterocycles. The van der Waals surface area contributed by atoms with Gasteiger partial charge in [-0.25, -0.2) is 0 Å². The van der Waals surface area contributed by atoms with Gasteiger partial charge in [-0.3, -0.25) is 9.59 Å². The number of ether oxygens (including phenoxy) is 1. The van der Waals surface area contributed by atoms with Crippen molar-refractivity contribution in [3.05, 3.63) is 35.0 Å². The average Bonchev–Trinajstić information content (AvgIpc) is 2.90. The Bertz CT molecular complexity index is 414. The van der Waals surface area contributed by atoms with Crippen molar-refractivity contribution in [2.75, 3.05) is 20.2 Å². The molecule has 0 N–H and O–H groups in total. The molecule has 0 saturated carbocycles. The number of rotatable bonds is 6. The van der Waals surface area contributed by atoms with E-state index < -0.39 is 0 Å². The summed E-state index contributed by atoms with van der Waals surface area (Å²) in [7, 11) is 1.35. The van der Waals surface area contributed by atoms with Gasteiger partial charge in [0.15, 0.2) is 0 Å². The third-order valence-electron chi connectivity index (χ3n) is 2.47. The molecule has 0 aromatic carbocycles. The van der Waals surface area contributed by atoms with Crippen LogP contribution in [0.25, 0.3) is 0 Å². The number of methoxy groups -OCH3 is 1. The maximum absolute atomic E-state index is 12.2.